The molecule has 1 aromatic carbocycles. The average Bonchev–Trinajstić information content (AvgIpc) is 3.51. The summed E-state index contributed by atoms with van der Waals surface area (Å²) in [5.74, 6) is -0.117. The van der Waals surface area contributed by atoms with Crippen LogP contribution in [0.2, 0.25) is 0 Å². The highest BCUT2D eigenvalue weighted by molar-refractivity contribution is 7.22. The van der Waals surface area contributed by atoms with Crippen molar-refractivity contribution < 1.29 is 9.53 Å². The lowest BCUT2D eigenvalue weighted by Crippen LogP contribution is -2.37. The average molecular weight is 428 g/mol. The number of benzene rings is 1. The molecule has 0 radical (unpaired) electrons. The van der Waals surface area contributed by atoms with Gasteiger partial charge in [-0.15, -0.1) is 22.7 Å². The third kappa shape index (κ3) is 3.48. The first-order chi connectivity index (χ1) is 13.8. The summed E-state index contributed by atoms with van der Waals surface area (Å²) in [6, 6.07) is 12.0. The lowest BCUT2D eigenvalue weighted by Gasteiger charge is -2.22. The van der Waals surface area contributed by atoms with Gasteiger partial charge in [0.25, 0.3) is 5.91 Å². The molecular formula is C20H17N3O2S3. The monoisotopic (exact) mass is 427 g/mol. The van der Waals surface area contributed by atoms with Gasteiger partial charge in [0.05, 0.1) is 27.7 Å². The van der Waals surface area contributed by atoms with Crippen LogP contribution in [-0.4, -0.2) is 35.1 Å². The first-order valence-electron chi connectivity index (χ1n) is 9.06. The van der Waals surface area contributed by atoms with Crippen LogP contribution in [-0.2, 0) is 4.74 Å². The molecule has 1 amide bonds. The second kappa shape index (κ2) is 7.71. The summed E-state index contributed by atoms with van der Waals surface area (Å²) in [6.07, 6.45) is 2.05. The smallest absolute Gasteiger partial charge is 0.279 e. The van der Waals surface area contributed by atoms with Crippen molar-refractivity contribution in [1.29, 1.82) is 0 Å². The van der Waals surface area contributed by atoms with Crippen LogP contribution in [0, 0.1) is 0 Å². The molecule has 5 nitrogen and oxygen atoms in total. The van der Waals surface area contributed by atoms with Crippen molar-refractivity contribution in [3.8, 4) is 9.88 Å². The van der Waals surface area contributed by atoms with Crippen LogP contribution in [0.3, 0.4) is 0 Å². The Hall–Kier alpha value is -2.13. The molecule has 4 aromatic rings. The van der Waals surface area contributed by atoms with E-state index in [0.717, 1.165) is 39.5 Å². The van der Waals surface area contributed by atoms with Gasteiger partial charge < -0.3 is 4.74 Å². The number of carbonyl (C=O) groups excluding carboxylic acids is 1. The summed E-state index contributed by atoms with van der Waals surface area (Å²) in [5.41, 5.74) is 1.37. The van der Waals surface area contributed by atoms with Gasteiger partial charge in [0.2, 0.25) is 0 Å². The zero-order chi connectivity index (χ0) is 18.9. The van der Waals surface area contributed by atoms with E-state index in [0.29, 0.717) is 17.4 Å². The minimum absolute atomic E-state index is 0.0476. The van der Waals surface area contributed by atoms with E-state index in [1.807, 2.05) is 47.2 Å². The summed E-state index contributed by atoms with van der Waals surface area (Å²) in [6.45, 7) is 1.26. The zero-order valence-corrected chi connectivity index (χ0v) is 17.4. The minimum Gasteiger partial charge on any atom is -0.376 e. The summed E-state index contributed by atoms with van der Waals surface area (Å²) in [5, 5.41) is 5.43. The molecule has 1 fully saturated rings. The fraction of sp³-hybridized carbons (Fsp3) is 0.250. The minimum atomic E-state index is -0.117. The molecule has 1 aliphatic heterocycles. The van der Waals surface area contributed by atoms with Gasteiger partial charge in [-0.05, 0) is 36.4 Å². The topological polar surface area (TPSA) is 55.3 Å². The Morgan fingerprint density at radius 3 is 2.89 bits per heavy atom. The molecule has 1 saturated heterocycles. The number of fused-ring (bicyclic) bond motifs is 1. The second-order valence-electron chi connectivity index (χ2n) is 6.53. The number of hydrogen-bond donors (Lipinski definition) is 0. The molecule has 8 heteroatoms. The lowest BCUT2D eigenvalue weighted by atomic mass is 10.2. The number of ether oxygens (including phenoxy) is 1. The summed E-state index contributed by atoms with van der Waals surface area (Å²) in [7, 11) is 0. The predicted octanol–water partition coefficient (Wildman–Crippen LogP) is 5.31. The van der Waals surface area contributed by atoms with Crippen LogP contribution in [0.1, 0.15) is 23.3 Å². The number of thiophene rings is 1. The first kappa shape index (κ1) is 17.9. The highest BCUT2D eigenvalue weighted by Gasteiger charge is 2.28. The first-order valence-corrected chi connectivity index (χ1v) is 11.6. The summed E-state index contributed by atoms with van der Waals surface area (Å²) in [4.78, 5) is 25.5. The van der Waals surface area contributed by atoms with Gasteiger partial charge in [0.15, 0.2) is 5.13 Å². The van der Waals surface area contributed by atoms with E-state index in [4.69, 9.17) is 9.72 Å². The number of hydrogen-bond acceptors (Lipinski definition) is 7. The van der Waals surface area contributed by atoms with Crippen molar-refractivity contribution in [2.24, 2.45) is 0 Å². The number of anilines is 1. The van der Waals surface area contributed by atoms with Crippen LogP contribution in [0.5, 0.6) is 0 Å². The molecule has 0 saturated carbocycles. The number of carbonyl (C=O) groups is 1. The molecule has 0 bridgehead atoms. The molecule has 3 aromatic heterocycles. The number of amides is 1. The van der Waals surface area contributed by atoms with Gasteiger partial charge >= 0.3 is 0 Å². The maximum Gasteiger partial charge on any atom is 0.279 e. The Morgan fingerprint density at radius 2 is 2.11 bits per heavy atom. The molecule has 0 N–H and O–H groups in total. The van der Waals surface area contributed by atoms with Gasteiger partial charge in [-0.1, -0.05) is 29.5 Å². The molecule has 0 aliphatic carbocycles. The Balaban J connectivity index is 1.49. The van der Waals surface area contributed by atoms with Crippen molar-refractivity contribution >= 4 is 55.3 Å². The van der Waals surface area contributed by atoms with Crippen LogP contribution in [0.15, 0.2) is 47.2 Å². The number of nitrogens with zero attached hydrogens (tertiary/aromatic N) is 3. The predicted molar refractivity (Wildman–Crippen MR) is 116 cm³/mol. The van der Waals surface area contributed by atoms with E-state index < -0.39 is 0 Å². The normalized spacial score (nSPS) is 16.6. The number of rotatable bonds is 5. The standard InChI is InChI=1S/C20H17N3O2S3/c24-19(15-12-27-18(21-15)17-8-4-10-26-17)23(11-13-5-3-9-25-13)20-22-14-6-1-2-7-16(14)28-20/h1-2,4,6-8,10,12-13H,3,5,9,11H2. The van der Waals surface area contributed by atoms with Gasteiger partial charge in [-0.3, -0.25) is 9.69 Å². The van der Waals surface area contributed by atoms with Gasteiger partial charge in [0.1, 0.15) is 10.7 Å². The molecule has 1 atom stereocenters. The van der Waals surface area contributed by atoms with E-state index in [-0.39, 0.29) is 12.0 Å². The van der Waals surface area contributed by atoms with E-state index in [1.165, 1.54) is 22.7 Å². The van der Waals surface area contributed by atoms with E-state index in [1.54, 1.807) is 16.2 Å². The van der Waals surface area contributed by atoms with Gasteiger partial charge in [0, 0.05) is 12.0 Å². The quantitative estimate of drug-likeness (QED) is 0.433. The maximum atomic E-state index is 13.4. The molecule has 0 spiro atoms. The molecular weight excluding hydrogens is 410 g/mol. The van der Waals surface area contributed by atoms with Crippen molar-refractivity contribution in [1.82, 2.24) is 9.97 Å². The fourth-order valence-corrected chi connectivity index (χ4v) is 5.82. The summed E-state index contributed by atoms with van der Waals surface area (Å²) >= 11 is 4.66. The Labute approximate surface area is 174 Å². The molecule has 28 heavy (non-hydrogen) atoms. The number of thiazole rings is 2. The molecule has 1 unspecified atom stereocenters. The number of para-hydroxylation sites is 1. The van der Waals surface area contributed by atoms with Crippen molar-refractivity contribution in [3.63, 3.8) is 0 Å². The van der Waals surface area contributed by atoms with E-state index in [2.05, 4.69) is 4.98 Å². The van der Waals surface area contributed by atoms with Gasteiger partial charge in [-0.2, -0.15) is 0 Å². The molecule has 4 heterocycles. The van der Waals surface area contributed by atoms with E-state index in [9.17, 15) is 4.79 Å². The second-order valence-corrected chi connectivity index (χ2v) is 9.35. The maximum absolute atomic E-state index is 13.4. The fourth-order valence-electron chi connectivity index (χ4n) is 3.24. The summed E-state index contributed by atoms with van der Waals surface area (Å²) < 4.78 is 6.87. The highest BCUT2D eigenvalue weighted by Crippen LogP contribution is 2.32. The SMILES string of the molecule is O=C(c1csc(-c2cccs2)n1)N(CC1CCCO1)c1nc2ccccc2s1. The molecule has 1 aliphatic rings. The highest BCUT2D eigenvalue weighted by atomic mass is 32.1. The van der Waals surface area contributed by atoms with Crippen LogP contribution in [0.25, 0.3) is 20.1 Å². The Kier molecular flexibility index (Phi) is 4.94. The van der Waals surface area contributed by atoms with Crippen LogP contribution in [0.4, 0.5) is 5.13 Å². The van der Waals surface area contributed by atoms with Crippen LogP contribution < -0.4 is 4.90 Å². The van der Waals surface area contributed by atoms with Crippen LogP contribution >= 0.6 is 34.0 Å². The van der Waals surface area contributed by atoms with E-state index >= 15 is 0 Å². The van der Waals surface area contributed by atoms with Crippen molar-refractivity contribution in [3.05, 3.63) is 52.9 Å². The third-order valence-corrected chi connectivity index (χ3v) is 7.56. The van der Waals surface area contributed by atoms with Crippen molar-refractivity contribution in [2.75, 3.05) is 18.1 Å². The Morgan fingerprint density at radius 1 is 1.18 bits per heavy atom. The largest absolute Gasteiger partial charge is 0.376 e. The molecule has 142 valence electrons. The van der Waals surface area contributed by atoms with Gasteiger partial charge in [-0.25, -0.2) is 9.97 Å². The third-order valence-electron chi connectivity index (χ3n) is 4.62. The molecule has 5 rings (SSSR count). The number of aromatic nitrogens is 2. The van der Waals surface area contributed by atoms with Crippen molar-refractivity contribution in [2.45, 2.75) is 18.9 Å². The zero-order valence-electron chi connectivity index (χ0n) is 14.9. The lowest BCUT2D eigenvalue weighted by molar-refractivity contribution is 0.0914. The Bertz CT molecular complexity index is 1060.